The lowest BCUT2D eigenvalue weighted by molar-refractivity contribution is -0.146. The lowest BCUT2D eigenvalue weighted by Gasteiger charge is -2.40. The molecular weight excluding hydrogens is 426 g/mol. The number of urea groups is 1. The summed E-state index contributed by atoms with van der Waals surface area (Å²) in [6.07, 6.45) is 2.01. The number of carbonyl (C=O) groups excluding carboxylic acids is 4. The van der Waals surface area contributed by atoms with Crippen LogP contribution in [0.4, 0.5) is 4.79 Å². The molecule has 0 saturated carbocycles. The molecule has 10 nitrogen and oxygen atoms in total. The number of amides is 4. The Labute approximate surface area is 192 Å². The minimum atomic E-state index is -0.954. The number of benzene rings is 1. The summed E-state index contributed by atoms with van der Waals surface area (Å²) >= 11 is 0. The number of carbonyl (C=O) groups is 4. The monoisotopic (exact) mass is 457 g/mol. The number of nitrogens with one attached hydrogen (secondary N) is 3. The van der Waals surface area contributed by atoms with Crippen LogP contribution < -0.4 is 10.6 Å². The summed E-state index contributed by atoms with van der Waals surface area (Å²) in [5.41, 5.74) is 1.77. The van der Waals surface area contributed by atoms with Crippen LogP contribution in [0.2, 0.25) is 0 Å². The van der Waals surface area contributed by atoms with Gasteiger partial charge in [0, 0.05) is 49.6 Å². The molecule has 1 aromatic carbocycles. The maximum absolute atomic E-state index is 13.3. The summed E-state index contributed by atoms with van der Waals surface area (Å²) < 4.78 is 4.93. The fourth-order valence-corrected chi connectivity index (χ4v) is 3.99. The van der Waals surface area contributed by atoms with Crippen LogP contribution in [-0.2, 0) is 25.5 Å². The van der Waals surface area contributed by atoms with Gasteiger partial charge in [0.2, 0.25) is 11.8 Å². The number of ether oxygens (including phenoxy) is 1. The Balaban J connectivity index is 1.82. The molecule has 0 aliphatic carbocycles. The molecular formula is C23H31N5O5. The van der Waals surface area contributed by atoms with Gasteiger partial charge in [-0.3, -0.25) is 9.59 Å². The first-order chi connectivity index (χ1) is 15.7. The summed E-state index contributed by atoms with van der Waals surface area (Å²) in [5, 5.41) is 6.49. The van der Waals surface area contributed by atoms with Gasteiger partial charge in [0.15, 0.2) is 0 Å². The van der Waals surface area contributed by atoms with Crippen molar-refractivity contribution in [2.45, 2.75) is 45.3 Å². The summed E-state index contributed by atoms with van der Waals surface area (Å²) in [6, 6.07) is 5.27. The maximum atomic E-state index is 13.3. The van der Waals surface area contributed by atoms with Crippen molar-refractivity contribution < 1.29 is 23.9 Å². The molecule has 0 unspecified atom stereocenters. The summed E-state index contributed by atoms with van der Waals surface area (Å²) in [7, 11) is 1.26. The lowest BCUT2D eigenvalue weighted by Crippen LogP contribution is -2.64. The van der Waals surface area contributed by atoms with Gasteiger partial charge in [0.1, 0.15) is 12.1 Å². The van der Waals surface area contributed by atoms with Crippen LogP contribution in [0.3, 0.4) is 0 Å². The molecule has 2 heterocycles. The van der Waals surface area contributed by atoms with Crippen molar-refractivity contribution in [1.29, 1.82) is 0 Å². The van der Waals surface area contributed by atoms with Crippen LogP contribution in [-0.4, -0.2) is 83.5 Å². The van der Waals surface area contributed by atoms with Crippen molar-refractivity contribution in [3.63, 3.8) is 0 Å². The zero-order chi connectivity index (χ0) is 24.1. The molecule has 2 atom stereocenters. The van der Waals surface area contributed by atoms with Gasteiger partial charge < -0.3 is 30.2 Å². The number of aromatic nitrogens is 1. The smallest absolute Gasteiger partial charge is 0.328 e. The Kier molecular flexibility index (Phi) is 7.57. The van der Waals surface area contributed by atoms with Crippen molar-refractivity contribution in [1.82, 2.24) is 25.4 Å². The number of H-pyrrole nitrogens is 1. The molecule has 178 valence electrons. The van der Waals surface area contributed by atoms with Gasteiger partial charge in [-0.1, -0.05) is 18.2 Å². The van der Waals surface area contributed by atoms with E-state index in [2.05, 4.69) is 15.6 Å². The van der Waals surface area contributed by atoms with Crippen molar-refractivity contribution >= 4 is 34.7 Å². The van der Waals surface area contributed by atoms with Crippen LogP contribution >= 0.6 is 0 Å². The number of esters is 1. The zero-order valence-corrected chi connectivity index (χ0v) is 19.4. The number of methoxy groups -OCH3 is 1. The summed E-state index contributed by atoms with van der Waals surface area (Å²) in [6.45, 7) is 5.67. The highest BCUT2D eigenvalue weighted by Gasteiger charge is 2.38. The van der Waals surface area contributed by atoms with E-state index < -0.39 is 24.0 Å². The van der Waals surface area contributed by atoms with Crippen molar-refractivity contribution in [3.05, 3.63) is 36.0 Å². The third-order valence-electron chi connectivity index (χ3n) is 5.70. The van der Waals surface area contributed by atoms with E-state index >= 15 is 0 Å². The van der Waals surface area contributed by atoms with Crippen molar-refractivity contribution in [3.8, 4) is 0 Å². The minimum Gasteiger partial charge on any atom is -0.467 e. The summed E-state index contributed by atoms with van der Waals surface area (Å²) in [5.74, 6) is -1.29. The quantitative estimate of drug-likeness (QED) is 0.559. The third kappa shape index (κ3) is 5.63. The molecule has 1 aromatic heterocycles. The molecule has 3 N–H and O–H groups in total. The number of hydrogen-bond acceptors (Lipinski definition) is 5. The van der Waals surface area contributed by atoms with E-state index in [9.17, 15) is 19.2 Å². The van der Waals surface area contributed by atoms with Crippen molar-refractivity contribution in [2.24, 2.45) is 0 Å². The molecule has 1 aliphatic heterocycles. The molecule has 33 heavy (non-hydrogen) atoms. The standard InChI is InChI=1S/C23H31N5O5/c1-14(2)25-23(32)28-10-9-27(15(3)29)13-20(28)21(30)26-19(22(31)33-4)11-16-12-24-18-8-6-5-7-17(16)18/h5-8,12,14,19-20,24H,9-11,13H2,1-4H3,(H,25,32)(H,26,30)/t19-,20+/m1/s1. The van der Waals surface area contributed by atoms with E-state index in [1.807, 2.05) is 38.1 Å². The number of rotatable bonds is 6. The summed E-state index contributed by atoms with van der Waals surface area (Å²) in [4.78, 5) is 56.6. The first kappa shape index (κ1) is 24.1. The Morgan fingerprint density at radius 1 is 1.15 bits per heavy atom. The number of piperazine rings is 1. The maximum Gasteiger partial charge on any atom is 0.328 e. The predicted molar refractivity (Wildman–Crippen MR) is 122 cm³/mol. The fraction of sp³-hybridized carbons (Fsp3) is 0.478. The fourth-order valence-electron chi connectivity index (χ4n) is 3.99. The molecule has 0 spiro atoms. The molecule has 1 aliphatic rings. The second kappa shape index (κ2) is 10.4. The molecule has 2 aromatic rings. The molecule has 1 fully saturated rings. The normalized spacial score (nSPS) is 17.1. The van der Waals surface area contributed by atoms with Gasteiger partial charge in [-0.25, -0.2) is 9.59 Å². The topological polar surface area (TPSA) is 124 Å². The highest BCUT2D eigenvalue weighted by atomic mass is 16.5. The molecule has 10 heteroatoms. The number of hydrogen-bond donors (Lipinski definition) is 3. The number of para-hydroxylation sites is 1. The van der Waals surface area contributed by atoms with E-state index in [-0.39, 0.29) is 37.5 Å². The van der Waals surface area contributed by atoms with E-state index in [1.54, 1.807) is 6.20 Å². The highest BCUT2D eigenvalue weighted by Crippen LogP contribution is 2.20. The number of nitrogens with zero attached hydrogens (tertiary/aromatic N) is 2. The van der Waals surface area contributed by atoms with Gasteiger partial charge in [-0.2, -0.15) is 0 Å². The van der Waals surface area contributed by atoms with Crippen LogP contribution in [0, 0.1) is 0 Å². The van der Waals surface area contributed by atoms with Crippen LogP contribution in [0.15, 0.2) is 30.5 Å². The molecule has 0 radical (unpaired) electrons. The Morgan fingerprint density at radius 2 is 1.88 bits per heavy atom. The van der Waals surface area contributed by atoms with Crippen molar-refractivity contribution in [2.75, 3.05) is 26.7 Å². The van der Waals surface area contributed by atoms with Gasteiger partial charge in [0.25, 0.3) is 0 Å². The molecule has 0 bridgehead atoms. The van der Waals surface area contributed by atoms with E-state index in [0.717, 1.165) is 16.5 Å². The van der Waals surface area contributed by atoms with Gasteiger partial charge in [0.05, 0.1) is 13.7 Å². The average molecular weight is 458 g/mol. The zero-order valence-electron chi connectivity index (χ0n) is 19.4. The van der Waals surface area contributed by atoms with Gasteiger partial charge in [-0.05, 0) is 25.5 Å². The third-order valence-corrected chi connectivity index (χ3v) is 5.70. The highest BCUT2D eigenvalue weighted by molar-refractivity contribution is 5.92. The van der Waals surface area contributed by atoms with E-state index in [0.29, 0.717) is 6.54 Å². The average Bonchev–Trinajstić information content (AvgIpc) is 3.19. The second-order valence-electron chi connectivity index (χ2n) is 8.43. The number of aromatic amines is 1. The second-order valence-corrected chi connectivity index (χ2v) is 8.43. The first-order valence-electron chi connectivity index (χ1n) is 11.0. The largest absolute Gasteiger partial charge is 0.467 e. The van der Waals surface area contributed by atoms with Crippen LogP contribution in [0.1, 0.15) is 26.3 Å². The van der Waals surface area contributed by atoms with E-state index in [1.165, 1.54) is 23.8 Å². The Bertz CT molecular complexity index is 1030. The lowest BCUT2D eigenvalue weighted by atomic mass is 10.0. The predicted octanol–water partition coefficient (Wildman–Crippen LogP) is 1.02. The van der Waals surface area contributed by atoms with Crippen LogP contribution in [0.5, 0.6) is 0 Å². The van der Waals surface area contributed by atoms with Gasteiger partial charge in [-0.15, -0.1) is 0 Å². The Morgan fingerprint density at radius 3 is 2.55 bits per heavy atom. The number of fused-ring (bicyclic) bond motifs is 1. The minimum absolute atomic E-state index is 0.0493. The molecule has 1 saturated heterocycles. The molecule has 4 amide bonds. The van der Waals surface area contributed by atoms with Crippen LogP contribution in [0.25, 0.3) is 10.9 Å². The Hall–Kier alpha value is -3.56. The first-order valence-corrected chi connectivity index (χ1v) is 11.0. The van der Waals surface area contributed by atoms with E-state index in [4.69, 9.17) is 4.74 Å². The SMILES string of the molecule is COC(=O)[C@@H](Cc1c[nH]c2ccccc12)NC(=O)[C@@H]1CN(C(C)=O)CCN1C(=O)NC(C)C. The molecule has 3 rings (SSSR count). The van der Waals surface area contributed by atoms with Gasteiger partial charge >= 0.3 is 12.0 Å².